The Morgan fingerprint density at radius 1 is 0.545 bits per heavy atom. The number of carboxylic acid groups (broad SMARTS) is 1. The molecule has 0 rings (SSSR count). The first-order valence-electron chi connectivity index (χ1n) is 15.3. The van der Waals surface area contributed by atoms with Crippen LogP contribution in [0.3, 0.4) is 0 Å². The van der Waals surface area contributed by atoms with Crippen LogP contribution in [-0.4, -0.2) is 146 Å². The highest BCUT2D eigenvalue weighted by atomic mass is 32.1. The first-order chi connectivity index (χ1) is 21.5. The van der Waals surface area contributed by atoms with Gasteiger partial charge in [-0.1, -0.05) is 6.42 Å². The van der Waals surface area contributed by atoms with E-state index in [1.165, 1.54) is 0 Å². The fraction of sp³-hybridized carbons (Fsp3) is 0.893. The maximum absolute atomic E-state index is 11.7. The van der Waals surface area contributed by atoms with Gasteiger partial charge >= 0.3 is 12.0 Å². The van der Waals surface area contributed by atoms with Gasteiger partial charge in [0.2, 0.25) is 5.91 Å². The number of rotatable bonds is 34. The molecule has 16 heteroatoms. The van der Waals surface area contributed by atoms with Gasteiger partial charge in [-0.2, -0.15) is 25.3 Å². The lowest BCUT2D eigenvalue weighted by Gasteiger charge is -2.10. The zero-order valence-corrected chi connectivity index (χ0v) is 27.8. The van der Waals surface area contributed by atoms with Crippen LogP contribution in [0.1, 0.15) is 38.5 Å². The van der Waals surface area contributed by atoms with Crippen LogP contribution in [0, 0.1) is 0 Å². The number of hydrogen-bond acceptors (Lipinski definition) is 12. The normalized spacial score (nSPS) is 11.8. The third kappa shape index (κ3) is 35.1. The lowest BCUT2D eigenvalue weighted by atomic mass is 10.1. The largest absolute Gasteiger partial charge is 0.481 e. The molecule has 4 N–H and O–H groups in total. The fourth-order valence-corrected chi connectivity index (χ4v) is 4.12. The van der Waals surface area contributed by atoms with Crippen molar-refractivity contribution in [2.24, 2.45) is 0 Å². The van der Waals surface area contributed by atoms with Gasteiger partial charge in [0, 0.05) is 31.3 Å². The number of carbonyl (C=O) groups is 3. The van der Waals surface area contributed by atoms with E-state index in [-0.39, 0.29) is 24.8 Å². The molecule has 0 radical (unpaired) electrons. The van der Waals surface area contributed by atoms with E-state index >= 15 is 0 Å². The van der Waals surface area contributed by atoms with Gasteiger partial charge in [-0.25, -0.2) is 4.79 Å². The molecule has 0 fully saturated rings. The highest BCUT2D eigenvalue weighted by molar-refractivity contribution is 7.81. The number of amides is 3. The van der Waals surface area contributed by atoms with Gasteiger partial charge in [-0.15, -0.1) is 0 Å². The Morgan fingerprint density at radius 2 is 0.955 bits per heavy atom. The first-order valence-corrected chi connectivity index (χ1v) is 16.4. The maximum Gasteiger partial charge on any atom is 0.314 e. The van der Waals surface area contributed by atoms with Gasteiger partial charge in [0.1, 0.15) is 0 Å². The van der Waals surface area contributed by atoms with E-state index in [1.807, 2.05) is 0 Å². The summed E-state index contributed by atoms with van der Waals surface area (Å²) in [5.41, 5.74) is 0. The second kappa shape index (κ2) is 34.5. The van der Waals surface area contributed by atoms with E-state index in [9.17, 15) is 14.4 Å². The Hall–Kier alpha value is -1.37. The summed E-state index contributed by atoms with van der Waals surface area (Å²) in [5, 5.41) is 17.1. The van der Waals surface area contributed by atoms with Gasteiger partial charge in [0.15, 0.2) is 0 Å². The van der Waals surface area contributed by atoms with Crippen molar-refractivity contribution in [1.29, 1.82) is 0 Å². The van der Waals surface area contributed by atoms with Crippen LogP contribution >= 0.6 is 25.3 Å². The molecular formula is C28H55N3O11S2. The third-order valence-corrected chi connectivity index (χ3v) is 6.39. The summed E-state index contributed by atoms with van der Waals surface area (Å²) in [5.74, 6) is -0.455. The van der Waals surface area contributed by atoms with Crippen molar-refractivity contribution in [1.82, 2.24) is 16.0 Å². The predicted octanol–water partition coefficient (Wildman–Crippen LogP) is 1.17. The molecule has 0 heterocycles. The molecule has 0 spiro atoms. The monoisotopic (exact) mass is 673 g/mol. The van der Waals surface area contributed by atoms with Crippen molar-refractivity contribution in [2.45, 2.75) is 43.8 Å². The molecule has 0 saturated carbocycles. The predicted molar refractivity (Wildman–Crippen MR) is 172 cm³/mol. The summed E-state index contributed by atoms with van der Waals surface area (Å²) in [6.45, 7) is 7.54. The van der Waals surface area contributed by atoms with Crippen molar-refractivity contribution in [3.05, 3.63) is 0 Å². The molecule has 0 aromatic heterocycles. The van der Waals surface area contributed by atoms with E-state index in [2.05, 4.69) is 41.2 Å². The number of urea groups is 1. The van der Waals surface area contributed by atoms with Crippen LogP contribution in [0.2, 0.25) is 0 Å². The zero-order valence-electron chi connectivity index (χ0n) is 26.0. The molecule has 0 aliphatic carbocycles. The summed E-state index contributed by atoms with van der Waals surface area (Å²) >= 11 is 8.70. The second-order valence-electron chi connectivity index (χ2n) is 9.37. The summed E-state index contributed by atoms with van der Waals surface area (Å²) in [4.78, 5) is 33.4. The number of carbonyl (C=O) groups excluding carboxylic acids is 2. The minimum absolute atomic E-state index is 0.0364. The average Bonchev–Trinajstić information content (AvgIpc) is 3.00. The Morgan fingerprint density at radius 3 is 1.39 bits per heavy atom. The zero-order chi connectivity index (χ0) is 32.4. The summed E-state index contributed by atoms with van der Waals surface area (Å²) in [6.07, 6.45) is 3.78. The van der Waals surface area contributed by atoms with Crippen LogP contribution in [0.4, 0.5) is 4.79 Å². The van der Waals surface area contributed by atoms with E-state index in [1.54, 1.807) is 0 Å². The SMILES string of the molecule is O=C(O)CCC(=O)NCCOCCOCCOCCOCCOCCOCCOCCNC(=O)NCCCCC(S)CCS. The summed E-state index contributed by atoms with van der Waals surface area (Å²) in [7, 11) is 0. The summed E-state index contributed by atoms with van der Waals surface area (Å²) < 4.78 is 37.9. The van der Waals surface area contributed by atoms with Crippen molar-refractivity contribution >= 4 is 43.2 Å². The number of thiol groups is 2. The number of unbranched alkanes of at least 4 members (excludes halogenated alkanes) is 1. The van der Waals surface area contributed by atoms with Gasteiger partial charge < -0.3 is 54.2 Å². The molecule has 1 unspecified atom stereocenters. The number of ether oxygens (including phenoxy) is 7. The lowest BCUT2D eigenvalue weighted by molar-refractivity contribution is -0.138. The van der Waals surface area contributed by atoms with E-state index < -0.39 is 5.97 Å². The first kappa shape index (κ1) is 42.6. The minimum atomic E-state index is -0.997. The molecule has 0 aliphatic rings. The minimum Gasteiger partial charge on any atom is -0.481 e. The number of carboxylic acids is 1. The molecule has 0 aromatic carbocycles. The lowest BCUT2D eigenvalue weighted by Crippen LogP contribution is -2.37. The van der Waals surface area contributed by atoms with E-state index in [4.69, 9.17) is 38.3 Å². The standard InChI is InChI=1S/C28H55N3O11S2/c32-26(4-5-27(33)34)29-8-10-36-12-14-38-16-18-40-20-22-42-23-21-41-19-17-39-15-13-37-11-9-31-28(35)30-7-2-1-3-25(44)6-24-43/h25,43-44H,1-24H2,(H,29,32)(H,33,34)(H2,30,31,35). The molecule has 1 atom stereocenters. The van der Waals surface area contributed by atoms with Crippen molar-refractivity contribution in [3.63, 3.8) is 0 Å². The van der Waals surface area contributed by atoms with Crippen molar-refractivity contribution in [2.75, 3.05) is 118 Å². The Kier molecular flexibility index (Phi) is 33.4. The molecule has 260 valence electrons. The van der Waals surface area contributed by atoms with E-state index in [0.29, 0.717) is 117 Å². The van der Waals surface area contributed by atoms with Crippen LogP contribution in [-0.2, 0) is 42.7 Å². The van der Waals surface area contributed by atoms with Crippen molar-refractivity contribution in [3.8, 4) is 0 Å². The Bertz CT molecular complexity index is 685. The maximum atomic E-state index is 11.7. The second-order valence-corrected chi connectivity index (χ2v) is 10.6. The quantitative estimate of drug-likeness (QED) is 0.0428. The van der Waals surface area contributed by atoms with Crippen LogP contribution in [0.25, 0.3) is 0 Å². The molecule has 3 amide bonds. The molecule has 0 aliphatic heterocycles. The van der Waals surface area contributed by atoms with Crippen molar-refractivity contribution < 1.29 is 52.6 Å². The molecular weight excluding hydrogens is 618 g/mol. The van der Waals surface area contributed by atoms with Gasteiger partial charge in [-0.05, 0) is 25.0 Å². The molecule has 0 aromatic rings. The van der Waals surface area contributed by atoms with Crippen LogP contribution in [0.5, 0.6) is 0 Å². The highest BCUT2D eigenvalue weighted by Crippen LogP contribution is 2.11. The Balaban J connectivity index is 3.17. The fourth-order valence-electron chi connectivity index (χ4n) is 3.29. The Labute approximate surface area is 273 Å². The smallest absolute Gasteiger partial charge is 0.314 e. The molecule has 0 saturated heterocycles. The molecule has 0 bridgehead atoms. The van der Waals surface area contributed by atoms with Gasteiger partial charge in [0.05, 0.1) is 98.9 Å². The molecule has 14 nitrogen and oxygen atoms in total. The van der Waals surface area contributed by atoms with Gasteiger partial charge in [0.25, 0.3) is 0 Å². The topological polar surface area (TPSA) is 172 Å². The number of hydrogen-bond donors (Lipinski definition) is 6. The third-order valence-electron chi connectivity index (χ3n) is 5.61. The summed E-state index contributed by atoms with van der Waals surface area (Å²) in [6, 6.07) is -0.184. The highest BCUT2D eigenvalue weighted by Gasteiger charge is 2.05. The number of aliphatic carboxylic acids is 1. The number of nitrogens with one attached hydrogen (secondary N) is 3. The van der Waals surface area contributed by atoms with E-state index in [0.717, 1.165) is 31.4 Å². The van der Waals surface area contributed by atoms with Crippen LogP contribution in [0.15, 0.2) is 0 Å². The van der Waals surface area contributed by atoms with Crippen LogP contribution < -0.4 is 16.0 Å². The molecule has 44 heavy (non-hydrogen) atoms. The average molecular weight is 674 g/mol. The van der Waals surface area contributed by atoms with Gasteiger partial charge in [-0.3, -0.25) is 9.59 Å².